The van der Waals surface area contributed by atoms with Gasteiger partial charge in [0.05, 0.1) is 15.6 Å². The van der Waals surface area contributed by atoms with Crippen LogP contribution in [0, 0.1) is 6.92 Å². The molecule has 1 amide bonds. The summed E-state index contributed by atoms with van der Waals surface area (Å²) in [6, 6.07) is 6.02. The van der Waals surface area contributed by atoms with Crippen LogP contribution in [-0.2, 0) is 16.4 Å². The third-order valence-electron chi connectivity index (χ3n) is 3.21. The van der Waals surface area contributed by atoms with Crippen LogP contribution >= 0.6 is 11.3 Å². The van der Waals surface area contributed by atoms with Crippen molar-refractivity contribution >= 4 is 27.3 Å². The summed E-state index contributed by atoms with van der Waals surface area (Å²) in [5.41, 5.74) is 1.26. The zero-order valence-electron chi connectivity index (χ0n) is 13.2. The summed E-state index contributed by atoms with van der Waals surface area (Å²) in [5.74, 6) is -0.298. The Labute approximate surface area is 140 Å². The van der Waals surface area contributed by atoms with E-state index in [0.717, 1.165) is 15.0 Å². The first-order chi connectivity index (χ1) is 10.8. The molecule has 0 aliphatic carbocycles. The highest BCUT2D eigenvalue weighted by atomic mass is 32.2. The van der Waals surface area contributed by atoms with E-state index >= 15 is 0 Å². The number of aryl methyl sites for hydroxylation is 1. The van der Waals surface area contributed by atoms with Gasteiger partial charge in [0.2, 0.25) is 10.0 Å². The number of carbonyl (C=O) groups is 1. The minimum atomic E-state index is -3.55. The molecule has 6 nitrogen and oxygen atoms in total. The predicted octanol–water partition coefficient (Wildman–Crippen LogP) is 1.67. The number of sulfonamides is 1. The summed E-state index contributed by atoms with van der Waals surface area (Å²) in [7, 11) is -0.636. The Balaban J connectivity index is 2.02. The number of thiazole rings is 1. The van der Waals surface area contributed by atoms with Gasteiger partial charge < -0.3 is 5.32 Å². The van der Waals surface area contributed by atoms with E-state index in [0.29, 0.717) is 18.5 Å². The highest BCUT2D eigenvalue weighted by molar-refractivity contribution is 7.89. The summed E-state index contributed by atoms with van der Waals surface area (Å²) in [4.78, 5) is 16.6. The Kier molecular flexibility index (Phi) is 5.51. The SMILES string of the molecule is Cc1nc(CCNC(=O)c2cccc(S(=O)(=O)N(C)C)c2)cs1. The quantitative estimate of drug-likeness (QED) is 0.857. The average molecular weight is 353 g/mol. The topological polar surface area (TPSA) is 79.4 Å². The second kappa shape index (κ2) is 7.20. The number of hydrogen-bond donors (Lipinski definition) is 1. The maximum absolute atomic E-state index is 12.2. The van der Waals surface area contributed by atoms with E-state index in [-0.39, 0.29) is 10.8 Å². The molecule has 0 saturated heterocycles. The summed E-state index contributed by atoms with van der Waals surface area (Å²) in [5, 5.41) is 5.74. The van der Waals surface area contributed by atoms with Crippen LogP contribution in [0.25, 0.3) is 0 Å². The lowest BCUT2D eigenvalue weighted by Gasteiger charge is -2.12. The summed E-state index contributed by atoms with van der Waals surface area (Å²) in [6.45, 7) is 2.39. The van der Waals surface area contributed by atoms with Crippen molar-refractivity contribution in [1.29, 1.82) is 0 Å². The maximum Gasteiger partial charge on any atom is 0.251 e. The summed E-state index contributed by atoms with van der Waals surface area (Å²) in [6.07, 6.45) is 0.645. The number of rotatable bonds is 6. The normalized spacial score (nSPS) is 11.7. The van der Waals surface area contributed by atoms with Crippen LogP contribution < -0.4 is 5.32 Å². The molecule has 1 aromatic carbocycles. The van der Waals surface area contributed by atoms with Crippen LogP contribution in [-0.4, -0.2) is 44.3 Å². The van der Waals surface area contributed by atoms with Crippen molar-refractivity contribution in [3.63, 3.8) is 0 Å². The van der Waals surface area contributed by atoms with E-state index in [4.69, 9.17) is 0 Å². The summed E-state index contributed by atoms with van der Waals surface area (Å²) < 4.78 is 25.3. The van der Waals surface area contributed by atoms with Gasteiger partial charge in [-0.25, -0.2) is 17.7 Å². The van der Waals surface area contributed by atoms with Gasteiger partial charge in [0.25, 0.3) is 5.91 Å². The standard InChI is InChI=1S/C15H19N3O3S2/c1-11-17-13(10-22-11)7-8-16-15(19)12-5-4-6-14(9-12)23(20,21)18(2)3/h4-6,9-10H,7-8H2,1-3H3,(H,16,19). The van der Waals surface area contributed by atoms with Gasteiger partial charge in [-0.2, -0.15) is 0 Å². The highest BCUT2D eigenvalue weighted by Crippen LogP contribution is 2.15. The number of benzene rings is 1. The zero-order chi connectivity index (χ0) is 17.0. The van der Waals surface area contributed by atoms with Gasteiger partial charge >= 0.3 is 0 Å². The van der Waals surface area contributed by atoms with Crippen LogP contribution in [0.4, 0.5) is 0 Å². The number of amides is 1. The third-order valence-corrected chi connectivity index (χ3v) is 5.84. The molecule has 1 aromatic heterocycles. The number of hydrogen-bond acceptors (Lipinski definition) is 5. The highest BCUT2D eigenvalue weighted by Gasteiger charge is 2.18. The monoisotopic (exact) mass is 353 g/mol. The lowest BCUT2D eigenvalue weighted by Crippen LogP contribution is -2.26. The maximum atomic E-state index is 12.2. The largest absolute Gasteiger partial charge is 0.352 e. The van der Waals surface area contributed by atoms with Crippen molar-refractivity contribution in [2.75, 3.05) is 20.6 Å². The molecule has 1 N–H and O–H groups in total. The fourth-order valence-corrected chi connectivity index (χ4v) is 3.53. The minimum absolute atomic E-state index is 0.102. The molecule has 0 aliphatic heterocycles. The molecule has 0 radical (unpaired) electrons. The third kappa shape index (κ3) is 4.37. The molecule has 0 fully saturated rings. The Hall–Kier alpha value is -1.77. The lowest BCUT2D eigenvalue weighted by molar-refractivity contribution is 0.0954. The second-order valence-electron chi connectivity index (χ2n) is 5.18. The van der Waals surface area contributed by atoms with Crippen molar-refractivity contribution in [2.24, 2.45) is 0 Å². The molecule has 0 saturated carbocycles. The van der Waals surface area contributed by atoms with E-state index in [9.17, 15) is 13.2 Å². The van der Waals surface area contributed by atoms with Gasteiger partial charge in [0, 0.05) is 38.0 Å². The van der Waals surface area contributed by atoms with E-state index in [2.05, 4.69) is 10.3 Å². The minimum Gasteiger partial charge on any atom is -0.352 e. The number of aromatic nitrogens is 1. The molecule has 2 rings (SSSR count). The van der Waals surface area contributed by atoms with Crippen LogP contribution in [0.2, 0.25) is 0 Å². The van der Waals surface area contributed by atoms with E-state index in [1.807, 2.05) is 12.3 Å². The van der Waals surface area contributed by atoms with Crippen molar-refractivity contribution in [2.45, 2.75) is 18.2 Å². The van der Waals surface area contributed by atoms with Crippen LogP contribution in [0.5, 0.6) is 0 Å². The predicted molar refractivity (Wildman–Crippen MR) is 90.2 cm³/mol. The van der Waals surface area contributed by atoms with Gasteiger partial charge in [-0.3, -0.25) is 4.79 Å². The smallest absolute Gasteiger partial charge is 0.251 e. The fourth-order valence-electron chi connectivity index (χ4n) is 1.94. The molecule has 2 aromatic rings. The van der Waals surface area contributed by atoms with Gasteiger partial charge in [-0.1, -0.05) is 6.07 Å². The van der Waals surface area contributed by atoms with Crippen LogP contribution in [0.15, 0.2) is 34.5 Å². The van der Waals surface area contributed by atoms with E-state index in [1.54, 1.807) is 23.5 Å². The van der Waals surface area contributed by atoms with Crippen molar-refractivity contribution in [3.05, 3.63) is 45.9 Å². The van der Waals surface area contributed by atoms with Gasteiger partial charge in [-0.05, 0) is 25.1 Å². The Bertz CT molecular complexity index is 798. The lowest BCUT2D eigenvalue weighted by atomic mass is 10.2. The molecule has 23 heavy (non-hydrogen) atoms. The van der Waals surface area contributed by atoms with Gasteiger partial charge in [0.15, 0.2) is 0 Å². The Morgan fingerprint density at radius 1 is 1.35 bits per heavy atom. The van der Waals surface area contributed by atoms with Crippen molar-refractivity contribution in [3.8, 4) is 0 Å². The molecular formula is C15H19N3O3S2. The first-order valence-corrected chi connectivity index (χ1v) is 9.34. The average Bonchev–Trinajstić information content (AvgIpc) is 2.92. The molecule has 0 aliphatic rings. The molecule has 0 unspecified atom stereocenters. The van der Waals surface area contributed by atoms with Gasteiger partial charge in [0.1, 0.15) is 0 Å². The van der Waals surface area contributed by atoms with Crippen molar-refractivity contribution < 1.29 is 13.2 Å². The fraction of sp³-hybridized carbons (Fsp3) is 0.333. The zero-order valence-corrected chi connectivity index (χ0v) is 14.9. The molecule has 8 heteroatoms. The summed E-state index contributed by atoms with van der Waals surface area (Å²) >= 11 is 1.57. The number of carbonyl (C=O) groups excluding carboxylic acids is 1. The molecule has 0 bridgehead atoms. The first-order valence-electron chi connectivity index (χ1n) is 7.02. The molecular weight excluding hydrogens is 334 g/mol. The van der Waals surface area contributed by atoms with E-state index in [1.165, 1.54) is 26.2 Å². The molecule has 0 spiro atoms. The first kappa shape index (κ1) is 17.6. The number of nitrogens with one attached hydrogen (secondary N) is 1. The van der Waals surface area contributed by atoms with Gasteiger partial charge in [-0.15, -0.1) is 11.3 Å². The van der Waals surface area contributed by atoms with Crippen LogP contribution in [0.1, 0.15) is 21.1 Å². The van der Waals surface area contributed by atoms with E-state index < -0.39 is 10.0 Å². The Morgan fingerprint density at radius 2 is 2.09 bits per heavy atom. The van der Waals surface area contributed by atoms with Crippen molar-refractivity contribution in [1.82, 2.24) is 14.6 Å². The molecule has 0 atom stereocenters. The molecule has 1 heterocycles. The number of nitrogens with zero attached hydrogens (tertiary/aromatic N) is 2. The molecule has 124 valence electrons. The Morgan fingerprint density at radius 3 is 2.70 bits per heavy atom. The second-order valence-corrected chi connectivity index (χ2v) is 8.39. The van der Waals surface area contributed by atoms with Crippen LogP contribution in [0.3, 0.4) is 0 Å².